The van der Waals surface area contributed by atoms with Gasteiger partial charge < -0.3 is 0 Å². The van der Waals surface area contributed by atoms with Crippen LogP contribution in [-0.2, 0) is 4.74 Å². The predicted octanol–water partition coefficient (Wildman–Crippen LogP) is 8.27. The van der Waals surface area contributed by atoms with Gasteiger partial charge in [-0.15, -0.1) is 0 Å². The maximum absolute atomic E-state index is 5.91. The van der Waals surface area contributed by atoms with Gasteiger partial charge in [-0.05, 0) is 0 Å². The van der Waals surface area contributed by atoms with Crippen molar-refractivity contribution in [2.24, 2.45) is 0 Å². The molecule has 0 N–H and O–H groups in total. The van der Waals surface area contributed by atoms with Gasteiger partial charge in [0.2, 0.25) is 0 Å². The van der Waals surface area contributed by atoms with E-state index in [1.807, 2.05) is 0 Å². The first-order valence-electron chi connectivity index (χ1n) is 11.0. The Morgan fingerprint density at radius 2 is 1.04 bits per heavy atom. The molecule has 24 heavy (non-hydrogen) atoms. The third-order valence-electron chi connectivity index (χ3n) is 5.22. The Balaban J connectivity index is 4.27. The van der Waals surface area contributed by atoms with Crippen molar-refractivity contribution in [2.45, 2.75) is 118 Å². The van der Waals surface area contributed by atoms with E-state index in [0.29, 0.717) is 0 Å². The summed E-state index contributed by atoms with van der Waals surface area (Å²) in [5.41, 5.74) is 0. The van der Waals surface area contributed by atoms with Gasteiger partial charge in [0.25, 0.3) is 0 Å². The van der Waals surface area contributed by atoms with Crippen LogP contribution in [0.25, 0.3) is 0 Å². The summed E-state index contributed by atoms with van der Waals surface area (Å²) in [6.07, 6.45) is 18.6. The van der Waals surface area contributed by atoms with E-state index >= 15 is 0 Å². The molecule has 0 saturated heterocycles. The van der Waals surface area contributed by atoms with Crippen molar-refractivity contribution < 1.29 is 4.74 Å². The van der Waals surface area contributed by atoms with Crippen molar-refractivity contribution in [1.29, 1.82) is 0 Å². The number of unbranched alkanes of at least 4 members (excludes halogenated alkanes) is 8. The van der Waals surface area contributed by atoms with Gasteiger partial charge in [-0.1, -0.05) is 0 Å². The number of hydrogen-bond donors (Lipinski definition) is 0. The number of ether oxygens (including phenoxy) is 1. The van der Waals surface area contributed by atoms with Crippen LogP contribution in [0.4, 0.5) is 0 Å². The summed E-state index contributed by atoms with van der Waals surface area (Å²) in [4.78, 5) is 0. The van der Waals surface area contributed by atoms with Crippen LogP contribution >= 0.6 is 0 Å². The van der Waals surface area contributed by atoms with Crippen LogP contribution in [0.5, 0.6) is 0 Å². The molecular formula is C22H46OSn. The molecule has 0 saturated carbocycles. The van der Waals surface area contributed by atoms with Crippen molar-refractivity contribution in [3.05, 3.63) is 10.4 Å². The van der Waals surface area contributed by atoms with E-state index in [1.54, 1.807) is 13.3 Å². The van der Waals surface area contributed by atoms with E-state index in [1.165, 1.54) is 77.0 Å². The van der Waals surface area contributed by atoms with Crippen LogP contribution in [0.2, 0.25) is 13.3 Å². The van der Waals surface area contributed by atoms with Gasteiger partial charge in [-0.2, -0.15) is 0 Å². The van der Waals surface area contributed by atoms with E-state index in [0.717, 1.165) is 6.61 Å². The minimum absolute atomic E-state index is 0.930. The van der Waals surface area contributed by atoms with Gasteiger partial charge in [0.1, 0.15) is 0 Å². The number of hydrogen-bond acceptors (Lipinski definition) is 1. The molecule has 0 bridgehead atoms. The normalized spacial score (nSPS) is 12.2. The van der Waals surface area contributed by atoms with Crippen LogP contribution in [0.1, 0.15) is 105 Å². The molecule has 0 atom stereocenters. The second-order valence-electron chi connectivity index (χ2n) is 7.61. The standard InChI is InChI=1S/C10H19O.3C4H9.Sn/c1-3-5-6-7-8-9-10-11-4-2;3*1-3-4-2;/h2,4H,3,5-10H2,1H3;3*1,3-4H2,2H3;. The van der Waals surface area contributed by atoms with Gasteiger partial charge in [0.15, 0.2) is 0 Å². The van der Waals surface area contributed by atoms with Gasteiger partial charge >= 0.3 is 158 Å². The average molecular weight is 445 g/mol. The van der Waals surface area contributed by atoms with Crippen LogP contribution < -0.4 is 0 Å². The Labute approximate surface area is 157 Å². The first-order valence-corrected chi connectivity index (χ1v) is 18.7. The average Bonchev–Trinajstić information content (AvgIpc) is 2.61. The zero-order valence-electron chi connectivity index (χ0n) is 17.4. The molecule has 0 amide bonds. The Morgan fingerprint density at radius 3 is 1.54 bits per heavy atom. The Bertz CT molecular complexity index is 253. The summed E-state index contributed by atoms with van der Waals surface area (Å²) in [5, 5.41) is 0. The molecule has 0 heterocycles. The summed E-state index contributed by atoms with van der Waals surface area (Å²) in [5.74, 6) is 0. The van der Waals surface area contributed by atoms with Gasteiger partial charge in [-0.25, -0.2) is 0 Å². The second-order valence-corrected chi connectivity index (χ2v) is 20.6. The third-order valence-corrected chi connectivity index (χ3v) is 19.2. The molecule has 0 aromatic rings. The Hall–Kier alpha value is 0.339. The second kappa shape index (κ2) is 18.1. The van der Waals surface area contributed by atoms with Crippen molar-refractivity contribution >= 4 is 18.4 Å². The fourth-order valence-electron chi connectivity index (χ4n) is 3.44. The van der Waals surface area contributed by atoms with Crippen molar-refractivity contribution in [3.63, 3.8) is 0 Å². The Morgan fingerprint density at radius 1 is 0.583 bits per heavy atom. The molecule has 0 unspecified atom stereocenters. The van der Waals surface area contributed by atoms with Crippen LogP contribution in [0.3, 0.4) is 0 Å². The fraction of sp³-hybridized carbons (Fsp3) is 0.909. The maximum atomic E-state index is 5.91. The molecule has 144 valence electrons. The third kappa shape index (κ3) is 13.6. The van der Waals surface area contributed by atoms with E-state index in [4.69, 9.17) is 4.74 Å². The molecule has 0 aliphatic carbocycles. The number of rotatable bonds is 18. The molecule has 0 rings (SSSR count). The summed E-state index contributed by atoms with van der Waals surface area (Å²) < 4.78 is 13.2. The fourth-order valence-corrected chi connectivity index (χ4v) is 17.2. The molecule has 0 aliphatic heterocycles. The Kier molecular flexibility index (Phi) is 18.4. The molecule has 0 radical (unpaired) electrons. The minimum atomic E-state index is -2.09. The van der Waals surface area contributed by atoms with Crippen LogP contribution in [0.15, 0.2) is 10.4 Å². The van der Waals surface area contributed by atoms with Crippen molar-refractivity contribution in [1.82, 2.24) is 0 Å². The van der Waals surface area contributed by atoms with Gasteiger partial charge in [-0.3, -0.25) is 0 Å². The molecule has 0 aromatic heterocycles. The molecule has 2 heteroatoms. The molecule has 1 nitrogen and oxygen atoms in total. The molecule has 0 aromatic carbocycles. The zero-order valence-corrected chi connectivity index (χ0v) is 20.2. The van der Waals surface area contributed by atoms with Crippen molar-refractivity contribution in [2.75, 3.05) is 6.61 Å². The zero-order chi connectivity index (χ0) is 17.9. The molecule has 0 aliphatic rings. The SMILES string of the molecule is CCCCCCCCO/C=[CH]/[Sn]([CH2]CCC)([CH2]CCC)[CH2]CCC. The van der Waals surface area contributed by atoms with Crippen LogP contribution in [0, 0.1) is 0 Å². The van der Waals surface area contributed by atoms with E-state index in [-0.39, 0.29) is 0 Å². The summed E-state index contributed by atoms with van der Waals surface area (Å²) in [6.45, 7) is 10.2. The molecular weight excluding hydrogens is 399 g/mol. The van der Waals surface area contributed by atoms with E-state index in [2.05, 4.69) is 38.0 Å². The van der Waals surface area contributed by atoms with Crippen molar-refractivity contribution in [3.8, 4) is 0 Å². The summed E-state index contributed by atoms with van der Waals surface area (Å²) in [7, 11) is 0. The predicted molar refractivity (Wildman–Crippen MR) is 113 cm³/mol. The molecule has 0 spiro atoms. The monoisotopic (exact) mass is 446 g/mol. The summed E-state index contributed by atoms with van der Waals surface area (Å²) >= 11 is -2.09. The van der Waals surface area contributed by atoms with E-state index < -0.39 is 18.4 Å². The topological polar surface area (TPSA) is 9.23 Å². The van der Waals surface area contributed by atoms with E-state index in [9.17, 15) is 0 Å². The first kappa shape index (κ1) is 24.3. The summed E-state index contributed by atoms with van der Waals surface area (Å²) in [6, 6.07) is 0. The van der Waals surface area contributed by atoms with Gasteiger partial charge in [0, 0.05) is 0 Å². The quantitative estimate of drug-likeness (QED) is 0.117. The van der Waals surface area contributed by atoms with Crippen LogP contribution in [-0.4, -0.2) is 25.0 Å². The first-order chi connectivity index (χ1) is 11.7. The van der Waals surface area contributed by atoms with Gasteiger partial charge in [0.05, 0.1) is 0 Å². The molecule has 0 fully saturated rings.